The fourth-order valence-corrected chi connectivity index (χ4v) is 1.76. The second-order valence-electron chi connectivity index (χ2n) is 3.70. The highest BCUT2D eigenvalue weighted by Crippen LogP contribution is 2.39. The third-order valence-corrected chi connectivity index (χ3v) is 2.64. The minimum absolute atomic E-state index is 0.293. The van der Waals surface area contributed by atoms with Gasteiger partial charge in [0.25, 0.3) is 11.6 Å². The van der Waals surface area contributed by atoms with E-state index >= 15 is 0 Å². The summed E-state index contributed by atoms with van der Waals surface area (Å²) >= 11 is 0. The molecule has 1 aliphatic heterocycles. The van der Waals surface area contributed by atoms with Gasteiger partial charge in [0.2, 0.25) is 0 Å². The molecule has 0 fully saturated rings. The lowest BCUT2D eigenvalue weighted by Gasteiger charge is -2.32. The number of rotatable bonds is 2. The van der Waals surface area contributed by atoms with Crippen LogP contribution in [-0.2, 0) is 10.7 Å². The summed E-state index contributed by atoms with van der Waals surface area (Å²) in [5, 5.41) is 12.5. The van der Waals surface area contributed by atoms with Crippen LogP contribution in [0.2, 0.25) is 0 Å². The number of ether oxygens (including phenoxy) is 1. The third-order valence-electron chi connectivity index (χ3n) is 2.64. The first-order valence-electron chi connectivity index (χ1n) is 4.88. The number of amides is 1. The number of benzene rings is 1. The molecule has 0 saturated carbocycles. The Kier molecular flexibility index (Phi) is 2.74. The largest absolute Gasteiger partial charge is 0.355 e. The van der Waals surface area contributed by atoms with Gasteiger partial charge in [-0.25, -0.2) is 0 Å². The molecule has 0 spiro atoms. The number of methoxy groups -OCH3 is 1. The van der Waals surface area contributed by atoms with Crippen LogP contribution in [0.25, 0.3) is 0 Å². The summed E-state index contributed by atoms with van der Waals surface area (Å²) in [6.45, 7) is 0. The summed E-state index contributed by atoms with van der Waals surface area (Å²) in [7, 11) is 1.02. The number of fused-ring (bicyclic) bond motifs is 1. The molecule has 1 aromatic carbocycles. The van der Waals surface area contributed by atoms with Gasteiger partial charge in [0, 0.05) is 30.4 Å². The molecule has 2 rings (SSSR count). The number of nitro groups is 1. The van der Waals surface area contributed by atoms with Crippen LogP contribution < -0.4 is 5.32 Å². The second kappa shape index (κ2) is 3.98. The number of nitrogens with zero attached hydrogens (tertiary/aromatic N) is 1. The molecule has 0 aromatic heterocycles. The number of non-ortho nitro benzene ring substituents is 1. The number of nitrogens with one attached hydrogen (secondary N) is 1. The number of hydrogen-bond donors (Lipinski definition) is 1. The first-order chi connectivity index (χ1) is 8.37. The molecule has 1 heterocycles. The van der Waals surface area contributed by atoms with Crippen molar-refractivity contribution in [3.8, 4) is 0 Å². The first kappa shape index (κ1) is 12.4. The van der Waals surface area contributed by atoms with Gasteiger partial charge in [-0.15, -0.1) is 0 Å². The van der Waals surface area contributed by atoms with E-state index in [1.165, 1.54) is 0 Å². The Hall–Kier alpha value is -2.09. The van der Waals surface area contributed by atoms with Crippen LogP contribution in [0.3, 0.4) is 0 Å². The number of carbonyl (C=O) groups excluding carboxylic acids is 1. The fraction of sp³-hybridized carbons (Fsp3) is 0.300. The van der Waals surface area contributed by atoms with E-state index in [-0.39, 0.29) is 5.56 Å². The van der Waals surface area contributed by atoms with E-state index in [9.17, 15) is 23.7 Å². The Balaban J connectivity index is 2.62. The van der Waals surface area contributed by atoms with E-state index in [0.717, 1.165) is 19.2 Å². The monoisotopic (exact) mass is 258 g/mol. The maximum atomic E-state index is 13.9. The van der Waals surface area contributed by atoms with Crippen molar-refractivity contribution >= 4 is 11.6 Å². The van der Waals surface area contributed by atoms with Crippen LogP contribution in [0.5, 0.6) is 0 Å². The zero-order valence-electron chi connectivity index (χ0n) is 9.15. The molecular weight excluding hydrogens is 250 g/mol. The molecule has 1 amide bonds. The summed E-state index contributed by atoms with van der Waals surface area (Å²) in [5.74, 6) is -4.28. The van der Waals surface area contributed by atoms with Crippen molar-refractivity contribution in [1.82, 2.24) is 5.32 Å². The molecule has 6 nitrogen and oxygen atoms in total. The van der Waals surface area contributed by atoms with Crippen LogP contribution in [0, 0.1) is 10.1 Å². The molecule has 18 heavy (non-hydrogen) atoms. The van der Waals surface area contributed by atoms with Crippen LogP contribution in [0.1, 0.15) is 15.9 Å². The van der Waals surface area contributed by atoms with Crippen LogP contribution >= 0.6 is 0 Å². The summed E-state index contributed by atoms with van der Waals surface area (Å²) in [5.41, 5.74) is -1.50. The van der Waals surface area contributed by atoms with E-state index in [0.29, 0.717) is 6.07 Å². The molecule has 96 valence electrons. The Morgan fingerprint density at radius 3 is 2.72 bits per heavy atom. The molecular formula is C10H8F2N2O4. The Labute approximate surface area is 99.7 Å². The van der Waals surface area contributed by atoms with Gasteiger partial charge >= 0.3 is 5.92 Å². The number of nitro benzene ring substituents is 1. The highest BCUT2D eigenvalue weighted by atomic mass is 19.3. The van der Waals surface area contributed by atoms with Crippen molar-refractivity contribution < 1.29 is 23.2 Å². The van der Waals surface area contributed by atoms with Gasteiger partial charge in [0.15, 0.2) is 6.23 Å². The van der Waals surface area contributed by atoms with E-state index < -0.39 is 34.2 Å². The van der Waals surface area contributed by atoms with E-state index in [1.807, 2.05) is 5.32 Å². The Morgan fingerprint density at radius 1 is 1.50 bits per heavy atom. The minimum Gasteiger partial charge on any atom is -0.355 e. The van der Waals surface area contributed by atoms with Gasteiger partial charge in [-0.1, -0.05) is 0 Å². The first-order valence-corrected chi connectivity index (χ1v) is 4.88. The van der Waals surface area contributed by atoms with E-state index in [4.69, 9.17) is 0 Å². The lowest BCUT2D eigenvalue weighted by atomic mass is 9.95. The molecule has 0 radical (unpaired) electrons. The number of alkyl halides is 2. The average Bonchev–Trinajstić information content (AvgIpc) is 2.33. The predicted octanol–water partition coefficient (Wildman–Crippen LogP) is 1.40. The van der Waals surface area contributed by atoms with Crippen molar-refractivity contribution in [2.24, 2.45) is 0 Å². The highest BCUT2D eigenvalue weighted by Gasteiger charge is 2.49. The summed E-state index contributed by atoms with van der Waals surface area (Å²) in [4.78, 5) is 21.3. The topological polar surface area (TPSA) is 81.5 Å². The summed E-state index contributed by atoms with van der Waals surface area (Å²) < 4.78 is 32.3. The zero-order chi connectivity index (χ0) is 13.5. The van der Waals surface area contributed by atoms with E-state index in [2.05, 4.69) is 4.74 Å². The molecule has 0 saturated heterocycles. The van der Waals surface area contributed by atoms with Gasteiger partial charge in [0.05, 0.1) is 4.92 Å². The van der Waals surface area contributed by atoms with Crippen molar-refractivity contribution in [1.29, 1.82) is 0 Å². The van der Waals surface area contributed by atoms with Crippen molar-refractivity contribution in [3.63, 3.8) is 0 Å². The Bertz CT molecular complexity index is 533. The number of halogens is 2. The maximum Gasteiger partial charge on any atom is 0.317 e. The fourth-order valence-electron chi connectivity index (χ4n) is 1.76. The van der Waals surface area contributed by atoms with Gasteiger partial charge < -0.3 is 10.1 Å². The van der Waals surface area contributed by atoms with Crippen molar-refractivity contribution in [2.75, 3.05) is 7.11 Å². The van der Waals surface area contributed by atoms with Crippen LogP contribution in [-0.4, -0.2) is 24.2 Å². The third kappa shape index (κ3) is 1.70. The second-order valence-corrected chi connectivity index (χ2v) is 3.70. The molecule has 0 bridgehead atoms. The van der Waals surface area contributed by atoms with E-state index in [1.54, 1.807) is 0 Å². The molecule has 1 aliphatic rings. The van der Waals surface area contributed by atoms with Gasteiger partial charge in [-0.2, -0.15) is 8.78 Å². The summed E-state index contributed by atoms with van der Waals surface area (Å²) in [6.07, 6.45) is -1.83. The maximum absolute atomic E-state index is 13.9. The predicted molar refractivity (Wildman–Crippen MR) is 55.3 cm³/mol. The van der Waals surface area contributed by atoms with Crippen LogP contribution in [0.15, 0.2) is 18.2 Å². The lowest BCUT2D eigenvalue weighted by Crippen LogP contribution is -2.52. The number of carbonyl (C=O) groups is 1. The normalized spacial score (nSPS) is 21.1. The van der Waals surface area contributed by atoms with Crippen molar-refractivity contribution in [2.45, 2.75) is 12.2 Å². The van der Waals surface area contributed by atoms with Gasteiger partial charge in [-0.3, -0.25) is 14.9 Å². The van der Waals surface area contributed by atoms with Crippen molar-refractivity contribution in [3.05, 3.63) is 39.4 Å². The Morgan fingerprint density at radius 2 is 2.17 bits per heavy atom. The van der Waals surface area contributed by atoms with Gasteiger partial charge in [-0.05, 0) is 6.07 Å². The highest BCUT2D eigenvalue weighted by molar-refractivity contribution is 5.97. The molecule has 8 heteroatoms. The lowest BCUT2D eigenvalue weighted by molar-refractivity contribution is -0.385. The SMILES string of the molecule is COC1NC(=O)c2ccc([N+](=O)[O-])cc2C1(F)F. The summed E-state index contributed by atoms with van der Waals surface area (Å²) in [6, 6.07) is 2.70. The number of hydrogen-bond acceptors (Lipinski definition) is 4. The average molecular weight is 258 g/mol. The quantitative estimate of drug-likeness (QED) is 0.642. The molecule has 1 N–H and O–H groups in total. The van der Waals surface area contributed by atoms with Gasteiger partial charge in [0.1, 0.15) is 0 Å². The smallest absolute Gasteiger partial charge is 0.317 e. The standard InChI is InChI=1S/C10H8F2N2O4/c1-18-9-10(11,12)7-4-5(14(16)17)2-3-6(7)8(15)13-9/h2-4,9H,1H3,(H,13,15). The zero-order valence-corrected chi connectivity index (χ0v) is 9.15. The molecule has 1 atom stereocenters. The molecule has 1 aromatic rings. The minimum atomic E-state index is -3.52. The van der Waals surface area contributed by atoms with Crippen LogP contribution in [0.4, 0.5) is 14.5 Å². The molecule has 0 aliphatic carbocycles. The molecule has 1 unspecified atom stereocenters.